The Morgan fingerprint density at radius 1 is 1.03 bits per heavy atom. The highest BCUT2D eigenvalue weighted by Gasteiger charge is 2.37. The van der Waals surface area contributed by atoms with E-state index in [1.807, 2.05) is 24.3 Å². The first-order chi connectivity index (χ1) is 15.5. The Kier molecular flexibility index (Phi) is 4.83. The van der Waals surface area contributed by atoms with Crippen molar-refractivity contribution in [3.05, 3.63) is 77.8 Å². The number of nitrogens with one attached hydrogen (secondary N) is 2. The van der Waals surface area contributed by atoms with Gasteiger partial charge in [-0.3, -0.25) is 14.9 Å². The zero-order valence-corrected chi connectivity index (χ0v) is 17.0. The van der Waals surface area contributed by atoms with Crippen LogP contribution in [0.25, 0.3) is 17.1 Å². The molecule has 32 heavy (non-hydrogen) atoms. The van der Waals surface area contributed by atoms with Gasteiger partial charge in [0, 0.05) is 0 Å². The normalized spacial score (nSPS) is 15.6. The van der Waals surface area contributed by atoms with E-state index in [-0.39, 0.29) is 17.0 Å². The second kappa shape index (κ2) is 7.82. The first-order valence-electron chi connectivity index (χ1n) is 9.37. The summed E-state index contributed by atoms with van der Waals surface area (Å²) < 4.78 is 19.3. The number of fused-ring (bicyclic) bond motifs is 1. The van der Waals surface area contributed by atoms with Crippen molar-refractivity contribution < 1.29 is 23.2 Å². The van der Waals surface area contributed by atoms with E-state index in [9.17, 15) is 18.8 Å². The van der Waals surface area contributed by atoms with E-state index in [1.165, 1.54) is 36.0 Å². The molecule has 0 atom stereocenters. The smallest absolute Gasteiger partial charge is 0.335 e. The molecular formula is C22H13FN4O4S. The highest BCUT2D eigenvalue weighted by atomic mass is 32.2. The monoisotopic (exact) mass is 448 g/mol. The Morgan fingerprint density at radius 3 is 2.69 bits per heavy atom. The summed E-state index contributed by atoms with van der Waals surface area (Å²) in [5.41, 5.74) is 1.39. The van der Waals surface area contributed by atoms with Crippen molar-refractivity contribution in [3.63, 3.8) is 0 Å². The van der Waals surface area contributed by atoms with Crippen LogP contribution in [0.3, 0.4) is 0 Å². The van der Waals surface area contributed by atoms with Crippen LogP contribution in [0.4, 0.5) is 14.9 Å². The van der Waals surface area contributed by atoms with E-state index >= 15 is 0 Å². The average molecular weight is 448 g/mol. The quantitative estimate of drug-likeness (QED) is 0.359. The molecule has 0 unspecified atom stereocenters. The number of rotatable bonds is 4. The maximum atomic E-state index is 13.6. The standard InChI is InChI=1S/C22H13FN4O4S/c23-12-4-3-5-13(10-12)27-20(29)15(19(28)26-22(27)30)11-14-8-9-18(31-14)32-21-24-16-6-1-2-7-17(16)25-21/h1-11H,(H,24,25)(H,26,28,30)/b15-11+. The molecule has 1 aliphatic rings. The number of amides is 4. The Balaban J connectivity index is 1.41. The van der Waals surface area contributed by atoms with Crippen molar-refractivity contribution in [2.24, 2.45) is 0 Å². The summed E-state index contributed by atoms with van der Waals surface area (Å²) in [5, 5.41) is 3.19. The predicted molar refractivity (Wildman–Crippen MR) is 114 cm³/mol. The highest BCUT2D eigenvalue weighted by Crippen LogP contribution is 2.30. The summed E-state index contributed by atoms with van der Waals surface area (Å²) in [7, 11) is 0. The second-order valence-electron chi connectivity index (χ2n) is 6.76. The van der Waals surface area contributed by atoms with E-state index in [0.717, 1.165) is 17.1 Å². The molecule has 4 amide bonds. The van der Waals surface area contributed by atoms with Crippen molar-refractivity contribution in [3.8, 4) is 0 Å². The van der Waals surface area contributed by atoms with Crippen LogP contribution in [-0.2, 0) is 9.59 Å². The largest absolute Gasteiger partial charge is 0.450 e. The van der Waals surface area contributed by atoms with Gasteiger partial charge in [0.25, 0.3) is 11.8 Å². The Bertz CT molecular complexity index is 1390. The number of carbonyl (C=O) groups excluding carboxylic acids is 3. The molecule has 8 nitrogen and oxygen atoms in total. The van der Waals surface area contributed by atoms with Gasteiger partial charge in [0.15, 0.2) is 10.2 Å². The summed E-state index contributed by atoms with van der Waals surface area (Å²) in [6, 6.07) is 14.8. The van der Waals surface area contributed by atoms with E-state index in [1.54, 1.807) is 12.1 Å². The number of aromatic amines is 1. The Hall–Kier alpha value is -4.18. The van der Waals surface area contributed by atoms with Gasteiger partial charge in [-0.15, -0.1) is 0 Å². The molecule has 158 valence electrons. The number of benzene rings is 2. The fourth-order valence-electron chi connectivity index (χ4n) is 3.19. The maximum absolute atomic E-state index is 13.6. The van der Waals surface area contributed by atoms with Crippen LogP contribution in [0.5, 0.6) is 0 Å². The average Bonchev–Trinajstić information content (AvgIpc) is 3.37. The molecule has 4 aromatic rings. The SMILES string of the molecule is O=C1NC(=O)N(c2cccc(F)c2)C(=O)/C1=C/c1ccc(Sc2nc3ccccc3[nH]2)o1. The van der Waals surface area contributed by atoms with Crippen molar-refractivity contribution in [2.45, 2.75) is 10.2 Å². The lowest BCUT2D eigenvalue weighted by Crippen LogP contribution is -2.54. The van der Waals surface area contributed by atoms with Gasteiger partial charge in [-0.05, 0) is 60.3 Å². The fourth-order valence-corrected chi connectivity index (χ4v) is 3.96. The van der Waals surface area contributed by atoms with Crippen LogP contribution in [0, 0.1) is 5.82 Å². The molecule has 3 heterocycles. The number of urea groups is 1. The number of carbonyl (C=O) groups is 3. The lowest BCUT2D eigenvalue weighted by atomic mass is 10.1. The Morgan fingerprint density at radius 2 is 1.88 bits per heavy atom. The molecule has 1 fully saturated rings. The lowest BCUT2D eigenvalue weighted by Gasteiger charge is -2.26. The van der Waals surface area contributed by atoms with Gasteiger partial charge in [-0.1, -0.05) is 18.2 Å². The first kappa shape index (κ1) is 19.8. The number of hydrogen-bond donors (Lipinski definition) is 2. The van der Waals surface area contributed by atoms with Crippen molar-refractivity contribution >= 4 is 52.4 Å². The van der Waals surface area contributed by atoms with E-state index in [4.69, 9.17) is 4.42 Å². The van der Waals surface area contributed by atoms with E-state index in [0.29, 0.717) is 15.1 Å². The predicted octanol–water partition coefficient (Wildman–Crippen LogP) is 4.11. The van der Waals surface area contributed by atoms with E-state index in [2.05, 4.69) is 15.3 Å². The number of anilines is 1. The lowest BCUT2D eigenvalue weighted by molar-refractivity contribution is -0.122. The van der Waals surface area contributed by atoms with Crippen molar-refractivity contribution in [2.75, 3.05) is 4.90 Å². The summed E-state index contributed by atoms with van der Waals surface area (Å²) in [6.45, 7) is 0. The molecule has 2 aromatic heterocycles. The summed E-state index contributed by atoms with van der Waals surface area (Å²) >= 11 is 1.24. The molecule has 0 aliphatic carbocycles. The van der Waals surface area contributed by atoms with Gasteiger partial charge in [-0.25, -0.2) is 19.1 Å². The third kappa shape index (κ3) is 3.67. The zero-order valence-electron chi connectivity index (χ0n) is 16.2. The third-order valence-electron chi connectivity index (χ3n) is 4.62. The molecule has 0 radical (unpaired) electrons. The maximum Gasteiger partial charge on any atom is 0.335 e. The minimum atomic E-state index is -0.955. The van der Waals surface area contributed by atoms with Gasteiger partial charge in [0.2, 0.25) is 0 Å². The second-order valence-corrected chi connectivity index (χ2v) is 7.75. The molecule has 2 aromatic carbocycles. The van der Waals surface area contributed by atoms with Crippen LogP contribution < -0.4 is 10.2 Å². The number of imidazole rings is 1. The number of hydrogen-bond acceptors (Lipinski definition) is 6. The Labute approximate surface area is 184 Å². The minimum absolute atomic E-state index is 0.00600. The van der Waals surface area contributed by atoms with Gasteiger partial charge < -0.3 is 9.40 Å². The molecule has 0 spiro atoms. The molecule has 10 heteroatoms. The van der Waals surface area contributed by atoms with Crippen molar-refractivity contribution in [1.82, 2.24) is 15.3 Å². The van der Waals surface area contributed by atoms with Crippen LogP contribution in [0.15, 0.2) is 80.9 Å². The van der Waals surface area contributed by atoms with Crippen LogP contribution in [0.1, 0.15) is 5.76 Å². The molecular weight excluding hydrogens is 435 g/mol. The van der Waals surface area contributed by atoms with Gasteiger partial charge >= 0.3 is 6.03 Å². The number of H-pyrrole nitrogens is 1. The number of nitrogens with zero attached hydrogens (tertiary/aromatic N) is 2. The molecule has 1 saturated heterocycles. The van der Waals surface area contributed by atoms with Gasteiger partial charge in [0.1, 0.15) is 17.2 Å². The number of barbiturate groups is 1. The minimum Gasteiger partial charge on any atom is -0.450 e. The first-order valence-corrected chi connectivity index (χ1v) is 10.2. The highest BCUT2D eigenvalue weighted by molar-refractivity contribution is 7.99. The zero-order chi connectivity index (χ0) is 22.2. The molecule has 2 N–H and O–H groups in total. The number of aromatic nitrogens is 2. The summed E-state index contributed by atoms with van der Waals surface area (Å²) in [6.07, 6.45) is 1.24. The number of halogens is 1. The summed E-state index contributed by atoms with van der Waals surface area (Å²) in [5.74, 6) is -2.14. The molecule has 1 aliphatic heterocycles. The van der Waals surface area contributed by atoms with Crippen molar-refractivity contribution in [1.29, 1.82) is 0 Å². The van der Waals surface area contributed by atoms with Gasteiger partial charge in [-0.2, -0.15) is 0 Å². The molecule has 0 bridgehead atoms. The third-order valence-corrected chi connectivity index (χ3v) is 5.43. The number of para-hydroxylation sites is 2. The number of furan rings is 1. The van der Waals surface area contributed by atoms with E-state index < -0.39 is 23.7 Å². The molecule has 5 rings (SSSR count). The summed E-state index contributed by atoms with van der Waals surface area (Å²) in [4.78, 5) is 45.6. The number of imide groups is 2. The van der Waals surface area contributed by atoms with Gasteiger partial charge in [0.05, 0.1) is 16.7 Å². The van der Waals surface area contributed by atoms with Crippen LogP contribution >= 0.6 is 11.8 Å². The fraction of sp³-hybridized carbons (Fsp3) is 0. The van der Waals surface area contributed by atoms with Crippen LogP contribution in [0.2, 0.25) is 0 Å². The molecule has 0 saturated carbocycles. The topological polar surface area (TPSA) is 108 Å². The van der Waals surface area contributed by atoms with Crippen LogP contribution in [-0.4, -0.2) is 27.8 Å².